The van der Waals surface area contributed by atoms with Gasteiger partial charge in [-0.1, -0.05) is 49.6 Å². The quantitative estimate of drug-likeness (QED) is 0.639. The van der Waals surface area contributed by atoms with E-state index >= 15 is 0 Å². The minimum Gasteiger partial charge on any atom is -0.353 e. The van der Waals surface area contributed by atoms with Crippen LogP contribution in [-0.2, 0) is 4.79 Å². The molecule has 0 spiro atoms. The summed E-state index contributed by atoms with van der Waals surface area (Å²) in [5, 5.41) is 8.23. The maximum absolute atomic E-state index is 11.8. The lowest BCUT2D eigenvalue weighted by atomic mass is 9.96. The Morgan fingerprint density at radius 3 is 2.48 bits per heavy atom. The molecular formula is C17H26N4O2. The molecule has 5 N–H and O–H groups in total. The summed E-state index contributed by atoms with van der Waals surface area (Å²) < 4.78 is 0. The summed E-state index contributed by atoms with van der Waals surface area (Å²) in [6.07, 6.45) is 5.59. The summed E-state index contributed by atoms with van der Waals surface area (Å²) >= 11 is 0. The average molecular weight is 318 g/mol. The Morgan fingerprint density at radius 1 is 1.09 bits per heavy atom. The van der Waals surface area contributed by atoms with Crippen molar-refractivity contribution >= 4 is 11.9 Å². The van der Waals surface area contributed by atoms with Crippen LogP contribution in [0.25, 0.3) is 0 Å². The minimum atomic E-state index is -0.278. The summed E-state index contributed by atoms with van der Waals surface area (Å²) in [4.78, 5) is 23.5. The third kappa shape index (κ3) is 6.28. The van der Waals surface area contributed by atoms with E-state index in [1.807, 2.05) is 30.3 Å². The zero-order valence-corrected chi connectivity index (χ0v) is 13.4. The van der Waals surface area contributed by atoms with E-state index in [1.54, 1.807) is 0 Å². The Kier molecular flexibility index (Phi) is 6.87. The first kappa shape index (κ1) is 17.3. The van der Waals surface area contributed by atoms with Crippen LogP contribution in [0, 0.1) is 0 Å². The van der Waals surface area contributed by atoms with Crippen molar-refractivity contribution in [2.75, 3.05) is 13.1 Å². The van der Waals surface area contributed by atoms with Crippen LogP contribution in [-0.4, -0.2) is 31.1 Å². The number of benzene rings is 1. The second-order valence-corrected chi connectivity index (χ2v) is 5.98. The van der Waals surface area contributed by atoms with Crippen molar-refractivity contribution in [3.05, 3.63) is 35.9 Å². The highest BCUT2D eigenvalue weighted by Crippen LogP contribution is 2.17. The third-order valence-corrected chi connectivity index (χ3v) is 4.10. The second kappa shape index (κ2) is 9.15. The SMILES string of the molecule is NC(CNC(=O)CNC(=O)NC1CCCCC1)c1ccccc1. The van der Waals surface area contributed by atoms with Gasteiger partial charge in [-0.3, -0.25) is 4.79 Å². The zero-order chi connectivity index (χ0) is 16.5. The van der Waals surface area contributed by atoms with Crippen LogP contribution in [0.3, 0.4) is 0 Å². The Morgan fingerprint density at radius 2 is 1.78 bits per heavy atom. The van der Waals surface area contributed by atoms with Gasteiger partial charge >= 0.3 is 6.03 Å². The van der Waals surface area contributed by atoms with Crippen molar-refractivity contribution < 1.29 is 9.59 Å². The van der Waals surface area contributed by atoms with Crippen molar-refractivity contribution in [3.63, 3.8) is 0 Å². The van der Waals surface area contributed by atoms with Crippen LogP contribution in [0.1, 0.15) is 43.7 Å². The number of nitrogens with two attached hydrogens (primary N) is 1. The van der Waals surface area contributed by atoms with Gasteiger partial charge < -0.3 is 21.7 Å². The summed E-state index contributed by atoms with van der Waals surface area (Å²) in [5.41, 5.74) is 6.98. The fourth-order valence-corrected chi connectivity index (χ4v) is 2.75. The largest absolute Gasteiger partial charge is 0.353 e. The van der Waals surface area contributed by atoms with Gasteiger partial charge in [0.15, 0.2) is 0 Å². The molecule has 1 aromatic carbocycles. The molecule has 1 aliphatic carbocycles. The van der Waals surface area contributed by atoms with Gasteiger partial charge in [0.05, 0.1) is 6.54 Å². The van der Waals surface area contributed by atoms with E-state index in [9.17, 15) is 9.59 Å². The lowest BCUT2D eigenvalue weighted by Crippen LogP contribution is -2.46. The van der Waals surface area contributed by atoms with Crippen LogP contribution in [0.4, 0.5) is 4.79 Å². The molecule has 1 atom stereocenters. The molecule has 1 saturated carbocycles. The predicted octanol–water partition coefficient (Wildman–Crippen LogP) is 1.43. The molecule has 0 bridgehead atoms. The summed E-state index contributed by atoms with van der Waals surface area (Å²) in [5.74, 6) is -0.241. The number of nitrogens with one attached hydrogen (secondary N) is 3. The summed E-state index contributed by atoms with van der Waals surface area (Å²) in [7, 11) is 0. The van der Waals surface area contributed by atoms with E-state index in [0.29, 0.717) is 6.54 Å². The molecule has 1 aromatic rings. The molecule has 0 saturated heterocycles. The molecule has 0 aromatic heterocycles. The van der Waals surface area contributed by atoms with Gasteiger partial charge in [-0.15, -0.1) is 0 Å². The van der Waals surface area contributed by atoms with Crippen molar-refractivity contribution in [1.29, 1.82) is 0 Å². The van der Waals surface area contributed by atoms with Crippen LogP contribution in [0.2, 0.25) is 0 Å². The van der Waals surface area contributed by atoms with Crippen molar-refractivity contribution in [3.8, 4) is 0 Å². The van der Waals surface area contributed by atoms with E-state index in [4.69, 9.17) is 5.73 Å². The van der Waals surface area contributed by atoms with Crippen molar-refractivity contribution in [1.82, 2.24) is 16.0 Å². The first-order chi connectivity index (χ1) is 11.1. The minimum absolute atomic E-state index is 0.0416. The molecule has 3 amide bonds. The highest BCUT2D eigenvalue weighted by atomic mass is 16.2. The van der Waals surface area contributed by atoms with Crippen LogP contribution >= 0.6 is 0 Å². The predicted molar refractivity (Wildman–Crippen MR) is 89.8 cm³/mol. The van der Waals surface area contributed by atoms with Crippen molar-refractivity contribution in [2.45, 2.75) is 44.2 Å². The molecule has 126 valence electrons. The maximum atomic E-state index is 11.8. The van der Waals surface area contributed by atoms with Crippen LogP contribution < -0.4 is 21.7 Å². The van der Waals surface area contributed by atoms with Gasteiger partial charge in [0, 0.05) is 18.6 Å². The molecule has 1 unspecified atom stereocenters. The molecule has 0 heterocycles. The Labute approximate surface area is 137 Å². The first-order valence-electron chi connectivity index (χ1n) is 8.27. The molecule has 23 heavy (non-hydrogen) atoms. The normalized spacial score (nSPS) is 16.4. The van der Waals surface area contributed by atoms with Gasteiger partial charge in [-0.05, 0) is 18.4 Å². The lowest BCUT2D eigenvalue weighted by Gasteiger charge is -2.22. The van der Waals surface area contributed by atoms with Gasteiger partial charge in [0.25, 0.3) is 0 Å². The molecule has 2 rings (SSSR count). The lowest BCUT2D eigenvalue weighted by molar-refractivity contribution is -0.120. The number of amides is 3. The fourth-order valence-electron chi connectivity index (χ4n) is 2.75. The molecule has 0 radical (unpaired) electrons. The van der Waals surface area contributed by atoms with Gasteiger partial charge in [-0.25, -0.2) is 4.79 Å². The van der Waals surface area contributed by atoms with E-state index in [2.05, 4.69) is 16.0 Å². The number of urea groups is 1. The molecule has 6 heteroatoms. The topological polar surface area (TPSA) is 96.2 Å². The first-order valence-corrected chi connectivity index (χ1v) is 8.27. The second-order valence-electron chi connectivity index (χ2n) is 5.98. The number of hydrogen-bond donors (Lipinski definition) is 4. The van der Waals surface area contributed by atoms with Gasteiger partial charge in [-0.2, -0.15) is 0 Å². The highest BCUT2D eigenvalue weighted by Gasteiger charge is 2.16. The molecule has 1 fully saturated rings. The Hall–Kier alpha value is -2.08. The van der Waals surface area contributed by atoms with E-state index < -0.39 is 0 Å². The van der Waals surface area contributed by atoms with E-state index in [1.165, 1.54) is 6.42 Å². The molecule has 6 nitrogen and oxygen atoms in total. The van der Waals surface area contributed by atoms with Gasteiger partial charge in [0.1, 0.15) is 0 Å². The zero-order valence-electron chi connectivity index (χ0n) is 13.4. The monoisotopic (exact) mass is 318 g/mol. The van der Waals surface area contributed by atoms with E-state index in [-0.39, 0.29) is 30.6 Å². The van der Waals surface area contributed by atoms with Crippen LogP contribution in [0.5, 0.6) is 0 Å². The Balaban J connectivity index is 1.61. The van der Waals surface area contributed by atoms with Crippen molar-refractivity contribution in [2.24, 2.45) is 5.73 Å². The highest BCUT2D eigenvalue weighted by molar-refractivity contribution is 5.84. The van der Waals surface area contributed by atoms with Gasteiger partial charge in [0.2, 0.25) is 5.91 Å². The van der Waals surface area contributed by atoms with E-state index in [0.717, 1.165) is 31.2 Å². The number of hydrogen-bond acceptors (Lipinski definition) is 3. The molecule has 0 aliphatic heterocycles. The smallest absolute Gasteiger partial charge is 0.315 e. The molecule has 1 aliphatic rings. The standard InChI is InChI=1S/C17H26N4O2/c18-15(13-7-3-1-4-8-13)11-19-16(22)12-20-17(23)21-14-9-5-2-6-10-14/h1,3-4,7-8,14-15H,2,5-6,9-12,18H2,(H,19,22)(H2,20,21,23). The number of rotatable bonds is 6. The summed E-state index contributed by atoms with van der Waals surface area (Å²) in [6.45, 7) is 0.300. The molecular weight excluding hydrogens is 292 g/mol. The number of carbonyl (C=O) groups excluding carboxylic acids is 2. The maximum Gasteiger partial charge on any atom is 0.315 e. The fraction of sp³-hybridized carbons (Fsp3) is 0.529. The average Bonchev–Trinajstić information content (AvgIpc) is 2.59. The van der Waals surface area contributed by atoms with Crippen LogP contribution in [0.15, 0.2) is 30.3 Å². The Bertz CT molecular complexity index is 501. The number of carbonyl (C=O) groups is 2. The third-order valence-electron chi connectivity index (χ3n) is 4.10. The summed E-state index contributed by atoms with van der Waals surface area (Å²) in [6, 6.07) is 9.29.